The molecule has 3 N–H and O–H groups in total. The van der Waals surface area contributed by atoms with Gasteiger partial charge in [-0.3, -0.25) is 29.4 Å². The number of aryl methyl sites for hydroxylation is 1. The van der Waals surface area contributed by atoms with E-state index >= 15 is 0 Å². The zero-order chi connectivity index (χ0) is 40.8. The average molecular weight is 816 g/mol. The summed E-state index contributed by atoms with van der Waals surface area (Å²) < 4.78 is 6.70. The molecule has 13 heteroatoms. The van der Waals surface area contributed by atoms with Gasteiger partial charge in [-0.05, 0) is 126 Å². The molecule has 1 spiro atoms. The lowest BCUT2D eigenvalue weighted by Crippen LogP contribution is -2.52. The Hall–Kier alpha value is -5.14. The van der Waals surface area contributed by atoms with Gasteiger partial charge in [-0.1, -0.05) is 24.8 Å². The van der Waals surface area contributed by atoms with Crippen LogP contribution in [0.5, 0.6) is 5.75 Å². The van der Waals surface area contributed by atoms with Crippen molar-refractivity contribution in [2.45, 2.75) is 89.5 Å². The number of hydrogen-bond acceptors (Lipinski definition) is 10. The van der Waals surface area contributed by atoms with Gasteiger partial charge in [0.15, 0.2) is 0 Å². The van der Waals surface area contributed by atoms with Crippen LogP contribution in [0.15, 0.2) is 55.1 Å². The standard InChI is InChI=1S/C46H53N7O5S/c1-27-6-4-9-34(48-27)42(55)49-35-23-39-36(22-38(35)58-3)50-44(59-39)31-12-10-29(11-13-31)26-52-20-17-46(18-21-52)24-30(25-46)16-19-47-33-8-5-7-32-28(2)53(45(57)41(32)33)37-14-15-40(54)51-43(37)56/h4-9,22-23,29-31,37,47H,2,10-21,24-26H2,1,3H3,(H,49,55)(H,51,54,56). The van der Waals surface area contributed by atoms with Crippen molar-refractivity contribution in [3.05, 3.63) is 82.6 Å². The summed E-state index contributed by atoms with van der Waals surface area (Å²) >= 11 is 1.73. The number of nitrogens with zero attached hydrogens (tertiary/aromatic N) is 4. The molecule has 4 fully saturated rings. The van der Waals surface area contributed by atoms with E-state index in [4.69, 9.17) is 9.72 Å². The number of hydrogen-bond donors (Lipinski definition) is 3. The van der Waals surface area contributed by atoms with Crippen molar-refractivity contribution in [3.8, 4) is 5.75 Å². The number of aromatic nitrogens is 2. The summed E-state index contributed by atoms with van der Waals surface area (Å²) in [6.07, 6.45) is 11.5. The van der Waals surface area contributed by atoms with E-state index in [0.29, 0.717) is 52.1 Å². The molecule has 5 aliphatic rings. The van der Waals surface area contributed by atoms with Crippen LogP contribution in [-0.2, 0) is 9.59 Å². The number of carbonyl (C=O) groups excluding carboxylic acids is 4. The highest BCUT2D eigenvalue weighted by Crippen LogP contribution is 2.54. The first-order valence-electron chi connectivity index (χ1n) is 21.3. The quantitative estimate of drug-likeness (QED) is 0.129. The van der Waals surface area contributed by atoms with Crippen LogP contribution in [-0.4, -0.2) is 82.7 Å². The molecule has 2 saturated carbocycles. The van der Waals surface area contributed by atoms with Crippen LogP contribution in [0.25, 0.3) is 15.9 Å². The highest BCUT2D eigenvalue weighted by molar-refractivity contribution is 7.18. The van der Waals surface area contributed by atoms with Gasteiger partial charge in [0.25, 0.3) is 11.8 Å². The highest BCUT2D eigenvalue weighted by atomic mass is 32.1. The maximum atomic E-state index is 13.6. The maximum Gasteiger partial charge on any atom is 0.274 e. The van der Waals surface area contributed by atoms with E-state index in [1.54, 1.807) is 24.5 Å². The van der Waals surface area contributed by atoms with Gasteiger partial charge < -0.3 is 20.3 Å². The van der Waals surface area contributed by atoms with Crippen molar-refractivity contribution in [2.24, 2.45) is 17.3 Å². The normalized spacial score (nSPS) is 23.3. The minimum atomic E-state index is -0.718. The number of rotatable bonds is 11. The molecule has 0 bridgehead atoms. The van der Waals surface area contributed by atoms with Crippen LogP contribution in [0, 0.1) is 24.2 Å². The molecule has 2 aliphatic carbocycles. The Morgan fingerprint density at radius 2 is 1.76 bits per heavy atom. The van der Waals surface area contributed by atoms with E-state index in [1.807, 2.05) is 49.4 Å². The van der Waals surface area contributed by atoms with Crippen LogP contribution < -0.4 is 20.7 Å². The number of anilines is 2. The molecule has 12 nitrogen and oxygen atoms in total. The Morgan fingerprint density at radius 3 is 2.51 bits per heavy atom. The number of likely N-dealkylation sites (tertiary alicyclic amines) is 1. The van der Waals surface area contributed by atoms with Gasteiger partial charge in [0.2, 0.25) is 11.8 Å². The summed E-state index contributed by atoms with van der Waals surface area (Å²) in [4.78, 5) is 64.5. The summed E-state index contributed by atoms with van der Waals surface area (Å²) in [5, 5.41) is 10.1. The number of piperidine rings is 2. The molecule has 2 aromatic heterocycles. The van der Waals surface area contributed by atoms with Crippen molar-refractivity contribution in [1.29, 1.82) is 0 Å². The fourth-order valence-corrected chi connectivity index (χ4v) is 11.6. The number of benzene rings is 2. The fourth-order valence-electron chi connectivity index (χ4n) is 10.4. The van der Waals surface area contributed by atoms with E-state index in [0.717, 1.165) is 58.9 Å². The lowest BCUT2D eigenvalue weighted by molar-refractivity contribution is -0.136. The second kappa shape index (κ2) is 16.1. The molecule has 4 amide bonds. The van der Waals surface area contributed by atoms with Crippen molar-refractivity contribution >= 4 is 62.3 Å². The Balaban J connectivity index is 0.713. The van der Waals surface area contributed by atoms with E-state index in [1.165, 1.54) is 68.1 Å². The molecule has 0 radical (unpaired) electrons. The largest absolute Gasteiger partial charge is 0.494 e. The Labute approximate surface area is 349 Å². The van der Waals surface area contributed by atoms with Gasteiger partial charge in [-0.2, -0.15) is 0 Å². The molecule has 9 rings (SSSR count). The number of ether oxygens (including phenoxy) is 1. The van der Waals surface area contributed by atoms with Crippen molar-refractivity contribution in [2.75, 3.05) is 43.9 Å². The van der Waals surface area contributed by atoms with Gasteiger partial charge in [0.1, 0.15) is 17.5 Å². The number of fused-ring (bicyclic) bond motifs is 2. The summed E-state index contributed by atoms with van der Waals surface area (Å²) in [6.45, 7) is 10.4. The molecule has 1 atom stereocenters. The Kier molecular flexibility index (Phi) is 10.8. The van der Waals surface area contributed by atoms with Crippen molar-refractivity contribution in [3.63, 3.8) is 0 Å². The number of pyridine rings is 1. The van der Waals surface area contributed by atoms with Crippen LogP contribution >= 0.6 is 11.3 Å². The number of carbonyl (C=O) groups is 4. The van der Waals surface area contributed by atoms with Gasteiger partial charge >= 0.3 is 0 Å². The molecule has 4 aromatic rings. The predicted molar refractivity (Wildman–Crippen MR) is 230 cm³/mol. The van der Waals surface area contributed by atoms with E-state index in [-0.39, 0.29) is 24.1 Å². The van der Waals surface area contributed by atoms with E-state index in [2.05, 4.69) is 32.4 Å². The first-order chi connectivity index (χ1) is 28.6. The summed E-state index contributed by atoms with van der Waals surface area (Å²) in [5.74, 6) is 1.25. The zero-order valence-corrected chi connectivity index (χ0v) is 34.8. The Bertz CT molecular complexity index is 2320. The molecule has 2 aromatic carbocycles. The lowest BCUT2D eigenvalue weighted by atomic mass is 9.57. The molecular weight excluding hydrogens is 763 g/mol. The highest BCUT2D eigenvalue weighted by Gasteiger charge is 2.46. The molecule has 59 heavy (non-hydrogen) atoms. The molecule has 1 unspecified atom stereocenters. The van der Waals surface area contributed by atoms with Crippen molar-refractivity contribution < 1.29 is 23.9 Å². The van der Waals surface area contributed by atoms with Crippen molar-refractivity contribution in [1.82, 2.24) is 25.1 Å². The van der Waals surface area contributed by atoms with E-state index in [9.17, 15) is 19.2 Å². The Morgan fingerprint density at radius 1 is 0.983 bits per heavy atom. The number of amides is 4. The zero-order valence-electron chi connectivity index (χ0n) is 34.0. The van der Waals surface area contributed by atoms with Crippen LogP contribution in [0.4, 0.5) is 11.4 Å². The number of nitrogens with one attached hydrogen (secondary N) is 3. The molecule has 308 valence electrons. The first kappa shape index (κ1) is 39.3. The second-order valence-electron chi connectivity index (χ2n) is 17.5. The monoisotopic (exact) mass is 815 g/mol. The number of imide groups is 1. The first-order valence-corrected chi connectivity index (χ1v) is 22.1. The summed E-state index contributed by atoms with van der Waals surface area (Å²) in [7, 11) is 1.62. The van der Waals surface area contributed by atoms with Crippen LogP contribution in [0.2, 0.25) is 0 Å². The molecule has 3 aliphatic heterocycles. The number of thiazole rings is 1. The summed E-state index contributed by atoms with van der Waals surface area (Å²) in [5.41, 5.74) is 5.82. The lowest BCUT2D eigenvalue weighted by Gasteiger charge is -2.53. The van der Waals surface area contributed by atoms with Gasteiger partial charge in [0, 0.05) is 54.1 Å². The van der Waals surface area contributed by atoms with Crippen LogP contribution in [0.3, 0.4) is 0 Å². The topological polar surface area (TPSA) is 146 Å². The SMILES string of the molecule is C=C1c2cccc(NCCC3CC4(CCN(CC5CCC(c6nc7cc(OC)c(NC(=O)c8cccc(C)n8)cc7s6)CC5)CC4)C3)c2C(=O)N1C1CCC(=O)NC1=O. The van der Waals surface area contributed by atoms with Gasteiger partial charge in [-0.25, -0.2) is 9.97 Å². The molecular formula is C46H53N7O5S. The third kappa shape index (κ3) is 7.86. The molecule has 5 heterocycles. The third-order valence-corrected chi connectivity index (χ3v) is 14.8. The maximum absolute atomic E-state index is 13.6. The van der Waals surface area contributed by atoms with Gasteiger partial charge in [0.05, 0.1) is 33.6 Å². The minimum Gasteiger partial charge on any atom is -0.494 e. The predicted octanol–water partition coefficient (Wildman–Crippen LogP) is 7.76. The third-order valence-electron chi connectivity index (χ3n) is 13.7. The average Bonchev–Trinajstić information content (AvgIpc) is 3.75. The summed E-state index contributed by atoms with van der Waals surface area (Å²) in [6, 6.07) is 14.4. The number of methoxy groups -OCH3 is 1. The molecule has 2 saturated heterocycles. The minimum absolute atomic E-state index is 0.211. The van der Waals surface area contributed by atoms with Gasteiger partial charge in [-0.15, -0.1) is 11.3 Å². The smallest absolute Gasteiger partial charge is 0.274 e. The van der Waals surface area contributed by atoms with Crippen LogP contribution in [0.1, 0.15) is 114 Å². The fraction of sp³-hybridized carbons (Fsp3) is 0.478. The second-order valence-corrected chi connectivity index (χ2v) is 18.6. The van der Waals surface area contributed by atoms with E-state index < -0.39 is 11.9 Å².